The minimum atomic E-state index is 0.724. The van der Waals surface area contributed by atoms with E-state index in [1.54, 1.807) is 12.4 Å². The Morgan fingerprint density at radius 2 is 1.95 bits per heavy atom. The summed E-state index contributed by atoms with van der Waals surface area (Å²) in [6.07, 6.45) is 3.59. The molecule has 0 atom stereocenters. The Balaban J connectivity index is 1.71. The van der Waals surface area contributed by atoms with E-state index in [0.29, 0.717) is 0 Å². The SMILES string of the molecule is Cc1nc(NCc2ccncc2)cc(N2CCOCC2)n1. The molecule has 1 saturated heterocycles. The van der Waals surface area contributed by atoms with Crippen LogP contribution in [0.1, 0.15) is 11.4 Å². The van der Waals surface area contributed by atoms with Crippen molar-refractivity contribution in [2.75, 3.05) is 36.5 Å². The number of aromatic nitrogens is 3. The van der Waals surface area contributed by atoms with Gasteiger partial charge in [0, 0.05) is 38.1 Å². The number of pyridine rings is 1. The van der Waals surface area contributed by atoms with E-state index in [2.05, 4.69) is 25.2 Å². The quantitative estimate of drug-likeness (QED) is 0.921. The van der Waals surface area contributed by atoms with Gasteiger partial charge in [0.05, 0.1) is 13.2 Å². The van der Waals surface area contributed by atoms with Crippen molar-refractivity contribution >= 4 is 11.6 Å². The fraction of sp³-hybridized carbons (Fsp3) is 0.400. The van der Waals surface area contributed by atoms with Gasteiger partial charge in [-0.15, -0.1) is 0 Å². The van der Waals surface area contributed by atoms with Crippen molar-refractivity contribution in [3.05, 3.63) is 42.0 Å². The number of hydrogen-bond acceptors (Lipinski definition) is 6. The molecule has 0 unspecified atom stereocenters. The summed E-state index contributed by atoms with van der Waals surface area (Å²) in [6.45, 7) is 5.90. The van der Waals surface area contributed by atoms with E-state index in [1.807, 2.05) is 25.1 Å². The molecule has 1 aliphatic rings. The lowest BCUT2D eigenvalue weighted by atomic mass is 10.3. The van der Waals surface area contributed by atoms with Crippen LogP contribution >= 0.6 is 0 Å². The molecule has 2 aromatic rings. The van der Waals surface area contributed by atoms with Gasteiger partial charge in [-0.25, -0.2) is 9.97 Å². The number of rotatable bonds is 4. The van der Waals surface area contributed by atoms with Crippen LogP contribution in [-0.4, -0.2) is 41.3 Å². The van der Waals surface area contributed by atoms with Gasteiger partial charge in [0.1, 0.15) is 17.5 Å². The summed E-state index contributed by atoms with van der Waals surface area (Å²) in [7, 11) is 0. The first-order valence-corrected chi connectivity index (χ1v) is 7.12. The molecule has 6 heteroatoms. The molecule has 0 saturated carbocycles. The van der Waals surface area contributed by atoms with Crippen molar-refractivity contribution in [1.29, 1.82) is 0 Å². The van der Waals surface area contributed by atoms with E-state index in [0.717, 1.165) is 50.3 Å². The molecule has 1 N–H and O–H groups in total. The minimum Gasteiger partial charge on any atom is -0.378 e. The Morgan fingerprint density at radius 3 is 2.71 bits per heavy atom. The van der Waals surface area contributed by atoms with Crippen LogP contribution in [0.25, 0.3) is 0 Å². The second kappa shape index (κ2) is 6.49. The first-order valence-electron chi connectivity index (χ1n) is 7.12. The molecule has 0 bridgehead atoms. The van der Waals surface area contributed by atoms with Crippen LogP contribution in [0, 0.1) is 6.92 Å². The first-order chi connectivity index (χ1) is 10.3. The van der Waals surface area contributed by atoms with Crippen LogP contribution in [0.4, 0.5) is 11.6 Å². The summed E-state index contributed by atoms with van der Waals surface area (Å²) in [6, 6.07) is 5.98. The van der Waals surface area contributed by atoms with Gasteiger partial charge in [-0.05, 0) is 24.6 Å². The molecular formula is C15H19N5O. The highest BCUT2D eigenvalue weighted by Gasteiger charge is 2.14. The number of nitrogens with zero attached hydrogens (tertiary/aromatic N) is 4. The predicted molar refractivity (Wildman–Crippen MR) is 81.4 cm³/mol. The van der Waals surface area contributed by atoms with Gasteiger partial charge in [-0.1, -0.05) is 0 Å². The average Bonchev–Trinajstić information content (AvgIpc) is 2.54. The molecule has 1 aliphatic heterocycles. The van der Waals surface area contributed by atoms with E-state index in [-0.39, 0.29) is 0 Å². The zero-order valence-electron chi connectivity index (χ0n) is 12.1. The number of aryl methyl sites for hydroxylation is 1. The van der Waals surface area contributed by atoms with E-state index < -0.39 is 0 Å². The Morgan fingerprint density at radius 1 is 1.19 bits per heavy atom. The molecule has 0 amide bonds. The largest absolute Gasteiger partial charge is 0.378 e. The molecule has 2 aromatic heterocycles. The molecule has 3 heterocycles. The molecule has 0 spiro atoms. The highest BCUT2D eigenvalue weighted by atomic mass is 16.5. The highest BCUT2D eigenvalue weighted by Crippen LogP contribution is 2.17. The molecule has 6 nitrogen and oxygen atoms in total. The normalized spacial score (nSPS) is 15.0. The highest BCUT2D eigenvalue weighted by molar-refractivity contribution is 5.49. The maximum absolute atomic E-state index is 5.38. The lowest BCUT2D eigenvalue weighted by Gasteiger charge is -2.28. The van der Waals surface area contributed by atoms with Gasteiger partial charge < -0.3 is 15.0 Å². The van der Waals surface area contributed by atoms with Crippen molar-refractivity contribution in [2.24, 2.45) is 0 Å². The second-order valence-electron chi connectivity index (χ2n) is 4.97. The average molecular weight is 285 g/mol. The van der Waals surface area contributed by atoms with Gasteiger partial charge in [0.15, 0.2) is 0 Å². The number of morpholine rings is 1. The van der Waals surface area contributed by atoms with Crippen molar-refractivity contribution < 1.29 is 4.74 Å². The predicted octanol–water partition coefficient (Wildman–Crippen LogP) is 1.63. The summed E-state index contributed by atoms with van der Waals surface area (Å²) < 4.78 is 5.38. The maximum atomic E-state index is 5.38. The van der Waals surface area contributed by atoms with Crippen LogP contribution in [-0.2, 0) is 11.3 Å². The van der Waals surface area contributed by atoms with Gasteiger partial charge in [-0.3, -0.25) is 4.98 Å². The summed E-state index contributed by atoms with van der Waals surface area (Å²) in [5.41, 5.74) is 1.18. The van der Waals surface area contributed by atoms with Crippen LogP contribution in [0.2, 0.25) is 0 Å². The third kappa shape index (κ3) is 3.66. The molecule has 110 valence electrons. The maximum Gasteiger partial charge on any atom is 0.134 e. The van der Waals surface area contributed by atoms with Crippen molar-refractivity contribution in [3.8, 4) is 0 Å². The topological polar surface area (TPSA) is 63.2 Å². The van der Waals surface area contributed by atoms with E-state index in [9.17, 15) is 0 Å². The van der Waals surface area contributed by atoms with Gasteiger partial charge in [0.2, 0.25) is 0 Å². The smallest absolute Gasteiger partial charge is 0.134 e. The third-order valence-corrected chi connectivity index (χ3v) is 3.38. The van der Waals surface area contributed by atoms with Crippen molar-refractivity contribution in [2.45, 2.75) is 13.5 Å². The number of anilines is 2. The van der Waals surface area contributed by atoms with Crippen molar-refractivity contribution in [1.82, 2.24) is 15.0 Å². The zero-order valence-corrected chi connectivity index (χ0v) is 12.1. The Labute approximate surface area is 124 Å². The third-order valence-electron chi connectivity index (χ3n) is 3.38. The van der Waals surface area contributed by atoms with Crippen LogP contribution in [0.5, 0.6) is 0 Å². The molecular weight excluding hydrogens is 266 g/mol. The number of nitrogens with one attached hydrogen (secondary N) is 1. The standard InChI is InChI=1S/C15H19N5O/c1-12-18-14(17-11-13-2-4-16-5-3-13)10-15(19-12)20-6-8-21-9-7-20/h2-5,10H,6-9,11H2,1H3,(H,17,18,19). The zero-order chi connectivity index (χ0) is 14.5. The van der Waals surface area contributed by atoms with Gasteiger partial charge in [-0.2, -0.15) is 0 Å². The minimum absolute atomic E-state index is 0.724. The van der Waals surface area contributed by atoms with E-state index in [1.165, 1.54) is 5.56 Å². The Hall–Kier alpha value is -2.21. The number of hydrogen-bond donors (Lipinski definition) is 1. The Bertz CT molecular complexity index is 584. The summed E-state index contributed by atoms with van der Waals surface area (Å²) >= 11 is 0. The lowest BCUT2D eigenvalue weighted by Crippen LogP contribution is -2.37. The van der Waals surface area contributed by atoms with E-state index >= 15 is 0 Å². The molecule has 3 rings (SSSR count). The molecule has 0 aliphatic carbocycles. The van der Waals surface area contributed by atoms with E-state index in [4.69, 9.17) is 4.74 Å². The second-order valence-corrected chi connectivity index (χ2v) is 4.97. The Kier molecular flexibility index (Phi) is 4.25. The number of ether oxygens (including phenoxy) is 1. The van der Waals surface area contributed by atoms with Gasteiger partial charge >= 0.3 is 0 Å². The molecule has 1 fully saturated rings. The monoisotopic (exact) mass is 285 g/mol. The molecule has 0 radical (unpaired) electrons. The van der Waals surface area contributed by atoms with Gasteiger partial charge in [0.25, 0.3) is 0 Å². The lowest BCUT2D eigenvalue weighted by molar-refractivity contribution is 0.122. The summed E-state index contributed by atoms with van der Waals surface area (Å²) in [5.74, 6) is 2.58. The van der Waals surface area contributed by atoms with Crippen molar-refractivity contribution in [3.63, 3.8) is 0 Å². The van der Waals surface area contributed by atoms with Crippen LogP contribution in [0.15, 0.2) is 30.6 Å². The van der Waals surface area contributed by atoms with Crippen LogP contribution < -0.4 is 10.2 Å². The molecule has 21 heavy (non-hydrogen) atoms. The fourth-order valence-corrected chi connectivity index (χ4v) is 2.29. The summed E-state index contributed by atoms with van der Waals surface area (Å²) in [5, 5.41) is 3.34. The van der Waals surface area contributed by atoms with Crippen LogP contribution in [0.3, 0.4) is 0 Å². The fourth-order valence-electron chi connectivity index (χ4n) is 2.29. The first kappa shape index (κ1) is 13.8. The summed E-state index contributed by atoms with van der Waals surface area (Å²) in [4.78, 5) is 15.2. The molecule has 0 aromatic carbocycles.